The Hall–Kier alpha value is -1.86. The summed E-state index contributed by atoms with van der Waals surface area (Å²) >= 11 is 0. The molecular weight excluding hydrogens is 476 g/mol. The molecule has 2 aliphatic carbocycles. The molecule has 6 aliphatic rings. The molecule has 1 saturated carbocycles. The maximum atomic E-state index is 13.5. The van der Waals surface area contributed by atoms with E-state index in [2.05, 4.69) is 0 Å². The number of epoxide rings is 1. The molecule has 4 N–H and O–H groups in total. The molecule has 4 heterocycles. The van der Waals surface area contributed by atoms with Gasteiger partial charge in [0.2, 0.25) is 0 Å². The first-order chi connectivity index (χ1) is 16.9. The predicted molar refractivity (Wildman–Crippen MR) is 118 cm³/mol. The Kier molecular flexibility index (Phi) is 5.32. The van der Waals surface area contributed by atoms with Gasteiger partial charge in [-0.3, -0.25) is 4.79 Å². The number of cyclic esters (lactones) is 1. The Morgan fingerprint density at radius 1 is 1.03 bits per heavy atom. The predicted octanol–water partition coefficient (Wildman–Crippen LogP) is -1.05. The van der Waals surface area contributed by atoms with Crippen molar-refractivity contribution >= 4 is 11.9 Å². The van der Waals surface area contributed by atoms with Crippen molar-refractivity contribution in [3.63, 3.8) is 0 Å². The summed E-state index contributed by atoms with van der Waals surface area (Å²) in [6.07, 6.45) is -6.96. The summed E-state index contributed by atoms with van der Waals surface area (Å²) in [7, 11) is 0. The second-order valence-electron chi connectivity index (χ2n) is 11.5. The maximum Gasteiger partial charge on any atom is 0.331 e. The zero-order chi connectivity index (χ0) is 25.9. The van der Waals surface area contributed by atoms with E-state index in [1.165, 1.54) is 6.08 Å². The highest BCUT2D eigenvalue weighted by atomic mass is 16.7. The number of carbonyl (C=O) groups excluding carboxylic acids is 2. The van der Waals surface area contributed by atoms with Crippen LogP contribution in [0.25, 0.3) is 0 Å². The maximum absolute atomic E-state index is 13.5. The first-order valence-corrected chi connectivity index (χ1v) is 12.4. The number of carbonyl (C=O) groups is 2. The lowest BCUT2D eigenvalue weighted by Gasteiger charge is -2.53. The molecule has 0 radical (unpaired) electrons. The third kappa shape index (κ3) is 2.99. The third-order valence-corrected chi connectivity index (χ3v) is 9.09. The minimum Gasteiger partial charge on any atom is -0.457 e. The van der Waals surface area contributed by atoms with E-state index in [1.807, 2.05) is 26.8 Å². The Bertz CT molecular complexity index is 1050. The van der Waals surface area contributed by atoms with Gasteiger partial charge in [-0.1, -0.05) is 20.8 Å². The Labute approximate surface area is 207 Å². The number of aliphatic hydroxyl groups excluding tert-OH is 4. The molecule has 0 bridgehead atoms. The molecule has 11 heteroatoms. The van der Waals surface area contributed by atoms with Crippen molar-refractivity contribution in [3.8, 4) is 0 Å². The monoisotopic (exact) mass is 508 g/mol. The molecule has 198 valence electrons. The van der Waals surface area contributed by atoms with Crippen molar-refractivity contribution in [2.45, 2.75) is 88.9 Å². The Balaban J connectivity index is 1.40. The van der Waals surface area contributed by atoms with Gasteiger partial charge in [-0.2, -0.15) is 0 Å². The average Bonchev–Trinajstić information content (AvgIpc) is 3.58. The van der Waals surface area contributed by atoms with E-state index in [0.717, 1.165) is 11.1 Å². The van der Waals surface area contributed by atoms with Gasteiger partial charge < -0.3 is 44.1 Å². The van der Waals surface area contributed by atoms with Crippen LogP contribution in [-0.4, -0.2) is 100 Å². The van der Waals surface area contributed by atoms with Crippen molar-refractivity contribution in [1.82, 2.24) is 0 Å². The van der Waals surface area contributed by atoms with Crippen molar-refractivity contribution in [2.75, 3.05) is 6.61 Å². The van der Waals surface area contributed by atoms with E-state index in [9.17, 15) is 30.0 Å². The van der Waals surface area contributed by atoms with Crippen molar-refractivity contribution in [2.24, 2.45) is 22.7 Å². The molecule has 36 heavy (non-hydrogen) atoms. The van der Waals surface area contributed by atoms with E-state index in [0.29, 0.717) is 0 Å². The van der Waals surface area contributed by atoms with Gasteiger partial charge >= 0.3 is 11.9 Å². The minimum atomic E-state index is -1.62. The number of hydrogen-bond donors (Lipinski definition) is 4. The number of aliphatic hydroxyl groups is 4. The van der Waals surface area contributed by atoms with E-state index >= 15 is 0 Å². The lowest BCUT2D eigenvalue weighted by atomic mass is 9.48. The van der Waals surface area contributed by atoms with Crippen LogP contribution in [0.2, 0.25) is 0 Å². The standard InChI is InChI=1S/C25H32O11/c1-8(2)17-9-5-11-19-24(3,10(9)6-13(27)34-17)20-18(35-20)21(25(19,4)23(31)33-11)36-22-16(30)15(29)14(28)12(7-26)32-22/h5-6,8,11-12,14-22,26,28-30H,7H2,1-4H3/t11-,12+,14+,15-,16+,17-,18-,19-,20+,21+,22-,24-,25-/m1/s1. The number of rotatable bonds is 4. The molecule has 11 nitrogen and oxygen atoms in total. The Morgan fingerprint density at radius 2 is 1.75 bits per heavy atom. The van der Waals surface area contributed by atoms with Crippen LogP contribution >= 0.6 is 0 Å². The highest BCUT2D eigenvalue weighted by Crippen LogP contribution is 2.70. The molecule has 4 fully saturated rings. The highest BCUT2D eigenvalue weighted by molar-refractivity contribution is 5.88. The highest BCUT2D eigenvalue weighted by Gasteiger charge is 2.80. The molecule has 0 spiro atoms. The molecule has 13 atom stereocenters. The zero-order valence-electron chi connectivity index (χ0n) is 20.4. The summed E-state index contributed by atoms with van der Waals surface area (Å²) in [6, 6.07) is 0. The number of ether oxygens (including phenoxy) is 5. The molecule has 6 rings (SSSR count). The van der Waals surface area contributed by atoms with E-state index in [4.69, 9.17) is 23.7 Å². The molecule has 3 saturated heterocycles. The van der Waals surface area contributed by atoms with Crippen LogP contribution in [-0.2, 0) is 33.3 Å². The molecular formula is C25H32O11. The fourth-order valence-electron chi connectivity index (χ4n) is 7.29. The fraction of sp³-hybridized carbons (Fsp3) is 0.760. The van der Waals surface area contributed by atoms with Crippen molar-refractivity contribution in [3.05, 3.63) is 23.3 Å². The number of esters is 2. The summed E-state index contributed by atoms with van der Waals surface area (Å²) in [5, 5.41) is 40.4. The fourth-order valence-corrected chi connectivity index (χ4v) is 7.29. The first kappa shape index (κ1) is 24.5. The molecule has 0 aromatic heterocycles. The van der Waals surface area contributed by atoms with E-state index in [-0.39, 0.29) is 5.92 Å². The average molecular weight is 509 g/mol. The second-order valence-corrected chi connectivity index (χ2v) is 11.5. The smallest absolute Gasteiger partial charge is 0.331 e. The molecule has 0 amide bonds. The summed E-state index contributed by atoms with van der Waals surface area (Å²) in [5.41, 5.74) is -0.384. The SMILES string of the molecule is CC(C)[C@H]1OC(=O)C=C2C1=C[C@H]1OC(=O)[C@]3(C)[C@H]1[C@]2(C)[C@H]1O[C@H]1[C@@H]3O[C@H]1O[C@@H](CO)[C@H](O)[C@@H](O)[C@@H]1O. The van der Waals surface area contributed by atoms with Crippen LogP contribution in [0.1, 0.15) is 27.7 Å². The first-order valence-electron chi connectivity index (χ1n) is 12.4. The van der Waals surface area contributed by atoms with Crippen LogP contribution in [0.15, 0.2) is 23.3 Å². The molecule has 0 unspecified atom stereocenters. The molecule has 4 aliphatic heterocycles. The van der Waals surface area contributed by atoms with Gasteiger partial charge in [-0.25, -0.2) is 4.79 Å². The van der Waals surface area contributed by atoms with Crippen molar-refractivity contribution in [1.29, 1.82) is 0 Å². The van der Waals surface area contributed by atoms with Gasteiger partial charge in [-0.05, 0) is 30.1 Å². The van der Waals surface area contributed by atoms with Gasteiger partial charge in [0.25, 0.3) is 0 Å². The summed E-state index contributed by atoms with van der Waals surface area (Å²) in [5.74, 6) is -1.39. The van der Waals surface area contributed by atoms with Crippen LogP contribution in [0.5, 0.6) is 0 Å². The summed E-state index contributed by atoms with van der Waals surface area (Å²) in [6.45, 7) is 7.03. The quantitative estimate of drug-likeness (QED) is 0.271. The van der Waals surface area contributed by atoms with Gasteiger partial charge in [0.1, 0.15) is 54.2 Å². The summed E-state index contributed by atoms with van der Waals surface area (Å²) in [4.78, 5) is 26.1. The van der Waals surface area contributed by atoms with Crippen molar-refractivity contribution < 1.29 is 53.7 Å². The largest absolute Gasteiger partial charge is 0.457 e. The van der Waals surface area contributed by atoms with E-state index in [1.54, 1.807) is 6.92 Å². The Morgan fingerprint density at radius 3 is 2.42 bits per heavy atom. The van der Waals surface area contributed by atoms with Gasteiger partial charge in [0, 0.05) is 17.4 Å². The molecule has 0 aromatic rings. The second kappa shape index (κ2) is 7.83. The van der Waals surface area contributed by atoms with Crippen LogP contribution in [0.3, 0.4) is 0 Å². The zero-order valence-corrected chi connectivity index (χ0v) is 20.4. The van der Waals surface area contributed by atoms with Crippen LogP contribution < -0.4 is 0 Å². The van der Waals surface area contributed by atoms with Crippen LogP contribution in [0, 0.1) is 22.7 Å². The number of hydrogen-bond acceptors (Lipinski definition) is 11. The van der Waals surface area contributed by atoms with Gasteiger partial charge in [0.15, 0.2) is 6.29 Å². The summed E-state index contributed by atoms with van der Waals surface area (Å²) < 4.78 is 29.4. The normalized spacial score (nSPS) is 53.0. The van der Waals surface area contributed by atoms with E-state index < -0.39 is 96.5 Å². The number of fused-ring (bicyclic) bond motifs is 4. The topological polar surface area (TPSA) is 165 Å². The minimum absolute atomic E-state index is 0.00863. The molecule has 0 aromatic carbocycles. The van der Waals surface area contributed by atoms with Crippen LogP contribution in [0.4, 0.5) is 0 Å². The van der Waals surface area contributed by atoms with Gasteiger partial charge in [-0.15, -0.1) is 0 Å². The lowest BCUT2D eigenvalue weighted by Crippen LogP contribution is -2.64. The lowest BCUT2D eigenvalue weighted by molar-refractivity contribution is -0.322. The van der Waals surface area contributed by atoms with Gasteiger partial charge in [0.05, 0.1) is 12.7 Å². The third-order valence-electron chi connectivity index (χ3n) is 9.09.